The van der Waals surface area contributed by atoms with Gasteiger partial charge in [0, 0.05) is 38.9 Å². The Bertz CT molecular complexity index is 3720. The normalized spacial score (nSPS) is 12.6. The summed E-state index contributed by atoms with van der Waals surface area (Å²) < 4.78 is 2.46. The summed E-state index contributed by atoms with van der Waals surface area (Å²) in [6.07, 6.45) is 0. The number of fused-ring (bicyclic) bond motifs is 8. The molecule has 0 amide bonds. The summed E-state index contributed by atoms with van der Waals surface area (Å²) in [5.41, 5.74) is 18.5. The Kier molecular flexibility index (Phi) is 9.11. The maximum atomic E-state index is 2.48. The Labute approximate surface area is 390 Å². The van der Waals surface area contributed by atoms with Crippen LogP contribution in [0.15, 0.2) is 267 Å². The van der Waals surface area contributed by atoms with Gasteiger partial charge < -0.3 is 9.47 Å². The summed E-state index contributed by atoms with van der Waals surface area (Å²) in [6, 6.07) is 98.2. The van der Waals surface area contributed by atoms with Gasteiger partial charge in [-0.2, -0.15) is 0 Å². The molecule has 314 valence electrons. The van der Waals surface area contributed by atoms with Crippen LogP contribution in [0.25, 0.3) is 71.6 Å². The van der Waals surface area contributed by atoms with E-state index in [2.05, 4.69) is 276 Å². The lowest BCUT2D eigenvalue weighted by atomic mass is 9.67. The summed E-state index contributed by atoms with van der Waals surface area (Å²) in [7, 11) is 0. The fourth-order valence-electron chi connectivity index (χ4n) is 11.1. The molecule has 0 N–H and O–H groups in total. The minimum absolute atomic E-state index is 0.596. The molecule has 67 heavy (non-hydrogen) atoms. The molecule has 0 saturated carbocycles. The minimum atomic E-state index is -0.596. The number of benzene rings is 11. The molecule has 1 aliphatic rings. The average molecular weight is 853 g/mol. The lowest BCUT2D eigenvalue weighted by Gasteiger charge is -2.35. The summed E-state index contributed by atoms with van der Waals surface area (Å²) in [4.78, 5) is 2.46. The van der Waals surface area contributed by atoms with Crippen LogP contribution >= 0.6 is 0 Å². The molecule has 2 nitrogen and oxygen atoms in total. The van der Waals surface area contributed by atoms with Crippen molar-refractivity contribution in [1.82, 2.24) is 4.57 Å². The molecule has 11 aromatic carbocycles. The molecule has 1 aromatic heterocycles. The van der Waals surface area contributed by atoms with Gasteiger partial charge in [-0.1, -0.05) is 212 Å². The van der Waals surface area contributed by atoms with Gasteiger partial charge in [-0.25, -0.2) is 0 Å². The molecule has 0 unspecified atom stereocenters. The van der Waals surface area contributed by atoms with E-state index < -0.39 is 5.41 Å². The van der Waals surface area contributed by atoms with E-state index in [1.54, 1.807) is 0 Å². The third-order valence-electron chi connectivity index (χ3n) is 14.0. The van der Waals surface area contributed by atoms with Crippen molar-refractivity contribution in [3.8, 4) is 39.1 Å². The maximum Gasteiger partial charge on any atom is 0.0714 e. The fourth-order valence-corrected chi connectivity index (χ4v) is 11.1. The number of hydrogen-bond donors (Lipinski definition) is 0. The van der Waals surface area contributed by atoms with E-state index in [1.807, 2.05) is 0 Å². The van der Waals surface area contributed by atoms with Crippen LogP contribution in [0.1, 0.15) is 22.3 Å². The predicted octanol–water partition coefficient (Wildman–Crippen LogP) is 17.1. The van der Waals surface area contributed by atoms with E-state index in [4.69, 9.17) is 0 Å². The molecule has 13 rings (SSSR count). The van der Waals surface area contributed by atoms with Gasteiger partial charge in [0.25, 0.3) is 0 Å². The van der Waals surface area contributed by atoms with Crippen molar-refractivity contribution in [3.05, 3.63) is 289 Å². The van der Waals surface area contributed by atoms with Gasteiger partial charge in [-0.05, 0) is 116 Å². The summed E-state index contributed by atoms with van der Waals surface area (Å²) in [5, 5.41) is 4.93. The standard InChI is InChI=1S/C65H44N2/c1-6-18-45(19-7-1)47-30-34-53(35-31-47)66(55-37-41-59-60-39-32-48-22-16-17-29-56(48)64(60)67(63(59)44-55)52-27-14-5-15-28-52)54-36-40-58-57-38-33-49(46-20-8-2-9-21-46)42-61(57)65(62(58)43-54,50-23-10-3-11-24-50)51-25-12-4-13-26-51/h1-44H. The molecule has 2 heteroatoms. The van der Waals surface area contributed by atoms with Gasteiger partial charge >= 0.3 is 0 Å². The molecule has 1 aliphatic carbocycles. The quantitative estimate of drug-likeness (QED) is 0.148. The lowest BCUT2D eigenvalue weighted by Crippen LogP contribution is -2.28. The zero-order valence-electron chi connectivity index (χ0n) is 36.8. The second-order valence-corrected chi connectivity index (χ2v) is 17.6. The molecule has 1 heterocycles. The second kappa shape index (κ2) is 15.8. The zero-order chi connectivity index (χ0) is 44.3. The summed E-state index contributed by atoms with van der Waals surface area (Å²) >= 11 is 0. The van der Waals surface area contributed by atoms with E-state index in [0.29, 0.717) is 0 Å². The SMILES string of the molecule is c1ccc(-c2ccc(N(c3ccc4c(c3)C(c3ccccc3)(c3ccccc3)c3cc(-c5ccccc5)ccc3-4)c3ccc4c5ccc6ccccc6c5n(-c5ccccc5)c4c3)cc2)cc1. The van der Waals surface area contributed by atoms with E-state index in [-0.39, 0.29) is 0 Å². The van der Waals surface area contributed by atoms with Crippen LogP contribution in [0.4, 0.5) is 17.1 Å². The Morgan fingerprint density at radius 3 is 1.46 bits per heavy atom. The zero-order valence-corrected chi connectivity index (χ0v) is 36.8. The van der Waals surface area contributed by atoms with Crippen molar-refractivity contribution in [2.45, 2.75) is 5.41 Å². The van der Waals surface area contributed by atoms with Crippen molar-refractivity contribution >= 4 is 49.6 Å². The molecule has 0 aliphatic heterocycles. The number of rotatable bonds is 8. The Hall–Kier alpha value is -8.72. The molecule has 0 radical (unpaired) electrons. The van der Waals surface area contributed by atoms with Crippen molar-refractivity contribution in [1.29, 1.82) is 0 Å². The first-order valence-corrected chi connectivity index (χ1v) is 23.2. The molecule has 0 atom stereocenters. The van der Waals surface area contributed by atoms with Crippen molar-refractivity contribution in [2.24, 2.45) is 0 Å². The average Bonchev–Trinajstić information content (AvgIpc) is 3.90. The van der Waals surface area contributed by atoms with Crippen LogP contribution in [0, 0.1) is 0 Å². The number of nitrogens with zero attached hydrogens (tertiary/aromatic N) is 2. The molecule has 0 fully saturated rings. The van der Waals surface area contributed by atoms with Gasteiger partial charge in [-0.15, -0.1) is 0 Å². The largest absolute Gasteiger partial charge is 0.310 e. The predicted molar refractivity (Wildman–Crippen MR) is 281 cm³/mol. The Morgan fingerprint density at radius 1 is 0.313 bits per heavy atom. The van der Waals surface area contributed by atoms with E-state index in [0.717, 1.165) is 28.3 Å². The summed E-state index contributed by atoms with van der Waals surface area (Å²) in [6.45, 7) is 0. The molecule has 0 spiro atoms. The Morgan fingerprint density at radius 2 is 0.791 bits per heavy atom. The van der Waals surface area contributed by atoms with Crippen LogP contribution in [-0.2, 0) is 5.41 Å². The number of aromatic nitrogens is 1. The first kappa shape index (κ1) is 38.7. The summed E-state index contributed by atoms with van der Waals surface area (Å²) in [5.74, 6) is 0. The number of anilines is 3. The van der Waals surface area contributed by atoms with Crippen LogP contribution in [0.5, 0.6) is 0 Å². The number of hydrogen-bond acceptors (Lipinski definition) is 1. The topological polar surface area (TPSA) is 8.17 Å². The van der Waals surface area contributed by atoms with Gasteiger partial charge in [0.05, 0.1) is 16.4 Å². The number of para-hydroxylation sites is 1. The van der Waals surface area contributed by atoms with E-state index in [1.165, 1.54) is 82.7 Å². The first-order chi connectivity index (χ1) is 33.2. The highest BCUT2D eigenvalue weighted by Gasteiger charge is 2.46. The highest BCUT2D eigenvalue weighted by atomic mass is 15.1. The smallest absolute Gasteiger partial charge is 0.0714 e. The third-order valence-corrected chi connectivity index (χ3v) is 14.0. The lowest BCUT2D eigenvalue weighted by molar-refractivity contribution is 0.768. The molecule has 12 aromatic rings. The van der Waals surface area contributed by atoms with Gasteiger partial charge in [0.1, 0.15) is 0 Å². The van der Waals surface area contributed by atoms with Crippen molar-refractivity contribution in [3.63, 3.8) is 0 Å². The fraction of sp³-hybridized carbons (Fsp3) is 0.0154. The highest BCUT2D eigenvalue weighted by molar-refractivity contribution is 6.19. The van der Waals surface area contributed by atoms with Crippen LogP contribution in [0.3, 0.4) is 0 Å². The van der Waals surface area contributed by atoms with Crippen molar-refractivity contribution in [2.75, 3.05) is 4.90 Å². The van der Waals surface area contributed by atoms with Gasteiger partial charge in [-0.3, -0.25) is 0 Å². The first-order valence-electron chi connectivity index (χ1n) is 23.2. The van der Waals surface area contributed by atoms with Crippen LogP contribution < -0.4 is 4.90 Å². The van der Waals surface area contributed by atoms with E-state index >= 15 is 0 Å². The van der Waals surface area contributed by atoms with Crippen molar-refractivity contribution < 1.29 is 0 Å². The third kappa shape index (κ3) is 6.18. The van der Waals surface area contributed by atoms with Gasteiger partial charge in [0.2, 0.25) is 0 Å². The molecule has 0 bridgehead atoms. The van der Waals surface area contributed by atoms with E-state index in [9.17, 15) is 0 Å². The molecule has 0 saturated heterocycles. The maximum absolute atomic E-state index is 2.48. The Balaban J connectivity index is 1.08. The second-order valence-electron chi connectivity index (χ2n) is 17.6. The monoisotopic (exact) mass is 852 g/mol. The highest BCUT2D eigenvalue weighted by Crippen LogP contribution is 2.58. The molecular formula is C65H44N2. The van der Waals surface area contributed by atoms with Crippen LogP contribution in [-0.4, -0.2) is 4.57 Å². The molecular weight excluding hydrogens is 809 g/mol. The minimum Gasteiger partial charge on any atom is -0.310 e. The van der Waals surface area contributed by atoms with Crippen LogP contribution in [0.2, 0.25) is 0 Å². The van der Waals surface area contributed by atoms with Gasteiger partial charge in [0.15, 0.2) is 0 Å².